The van der Waals surface area contributed by atoms with Crippen molar-refractivity contribution in [3.8, 4) is 0 Å². The molecule has 0 saturated carbocycles. The summed E-state index contributed by atoms with van der Waals surface area (Å²) in [6.45, 7) is 7.59. The van der Waals surface area contributed by atoms with Crippen LogP contribution in [0.4, 0.5) is 5.69 Å². The number of hydrogen-bond donors (Lipinski definition) is 1. The number of anilines is 1. The van der Waals surface area contributed by atoms with Crippen LogP contribution in [0.15, 0.2) is 22.7 Å². The number of fused-ring (bicyclic) bond motifs is 1. The van der Waals surface area contributed by atoms with Crippen molar-refractivity contribution < 1.29 is 0 Å². The van der Waals surface area contributed by atoms with Crippen LogP contribution in [0, 0.1) is 0 Å². The molecule has 1 aliphatic rings. The molecule has 0 fully saturated rings. The normalized spacial score (nSPS) is 16.4. The maximum Gasteiger partial charge on any atom is 0.0559 e. The summed E-state index contributed by atoms with van der Waals surface area (Å²) < 4.78 is 1.21. The van der Waals surface area contributed by atoms with Crippen molar-refractivity contribution in [1.29, 1.82) is 0 Å². The molecule has 1 heterocycles. The maximum absolute atomic E-state index is 3.66. The van der Waals surface area contributed by atoms with Gasteiger partial charge < -0.3 is 10.2 Å². The maximum atomic E-state index is 3.66. The second-order valence-corrected chi connectivity index (χ2v) is 5.07. The molecule has 0 spiro atoms. The van der Waals surface area contributed by atoms with E-state index >= 15 is 0 Å². The summed E-state index contributed by atoms with van der Waals surface area (Å²) in [6, 6.07) is 6.98. The van der Waals surface area contributed by atoms with Crippen LogP contribution in [-0.2, 0) is 6.54 Å². The average molecular weight is 269 g/mol. The number of benzene rings is 1. The molecule has 0 saturated heterocycles. The van der Waals surface area contributed by atoms with Gasteiger partial charge in [0.1, 0.15) is 0 Å². The lowest BCUT2D eigenvalue weighted by atomic mass is 10.1. The predicted octanol–water partition coefficient (Wildman–Crippen LogP) is 2.77. The lowest BCUT2D eigenvalue weighted by molar-refractivity contribution is 0.646. The molecule has 0 bridgehead atoms. The molecule has 3 heteroatoms. The van der Waals surface area contributed by atoms with Crippen molar-refractivity contribution in [2.24, 2.45) is 0 Å². The van der Waals surface area contributed by atoms with Crippen LogP contribution < -0.4 is 10.2 Å². The molecule has 2 nitrogen and oxygen atoms in total. The van der Waals surface area contributed by atoms with Gasteiger partial charge in [0.15, 0.2) is 0 Å². The minimum atomic E-state index is 0.544. The Morgan fingerprint density at radius 2 is 2.20 bits per heavy atom. The van der Waals surface area contributed by atoms with Crippen LogP contribution in [0.1, 0.15) is 19.4 Å². The van der Waals surface area contributed by atoms with Gasteiger partial charge in [-0.1, -0.05) is 12.1 Å². The molecule has 0 aliphatic carbocycles. The molecule has 0 atom stereocenters. The Hall–Kier alpha value is -0.540. The first kappa shape index (κ1) is 11.0. The highest BCUT2D eigenvalue weighted by atomic mass is 79.9. The van der Waals surface area contributed by atoms with E-state index in [-0.39, 0.29) is 0 Å². The molecular formula is C12H17BrN2. The van der Waals surface area contributed by atoms with Crippen LogP contribution in [0.2, 0.25) is 0 Å². The summed E-state index contributed by atoms with van der Waals surface area (Å²) in [5.41, 5.74) is 2.74. The van der Waals surface area contributed by atoms with Gasteiger partial charge in [-0.25, -0.2) is 0 Å². The van der Waals surface area contributed by atoms with E-state index in [0.717, 1.165) is 19.6 Å². The first-order valence-electron chi connectivity index (χ1n) is 5.45. The Labute approximate surface area is 99.8 Å². The van der Waals surface area contributed by atoms with Gasteiger partial charge in [0.05, 0.1) is 5.69 Å². The summed E-state index contributed by atoms with van der Waals surface area (Å²) in [6.07, 6.45) is 0. The molecule has 1 N–H and O–H groups in total. The lowest BCUT2D eigenvalue weighted by Gasteiger charge is -2.29. The van der Waals surface area contributed by atoms with E-state index in [0.29, 0.717) is 6.04 Å². The van der Waals surface area contributed by atoms with Crippen molar-refractivity contribution >= 4 is 21.6 Å². The van der Waals surface area contributed by atoms with Crippen molar-refractivity contribution in [2.45, 2.75) is 26.4 Å². The Balaban J connectivity index is 2.47. The van der Waals surface area contributed by atoms with Crippen molar-refractivity contribution in [2.75, 3.05) is 18.0 Å². The molecule has 2 rings (SSSR count). The highest BCUT2D eigenvalue weighted by Gasteiger charge is 2.19. The second kappa shape index (κ2) is 4.54. The van der Waals surface area contributed by atoms with Crippen LogP contribution in [-0.4, -0.2) is 19.1 Å². The van der Waals surface area contributed by atoms with Gasteiger partial charge >= 0.3 is 0 Å². The third-order valence-electron chi connectivity index (χ3n) is 2.83. The van der Waals surface area contributed by atoms with Crippen LogP contribution >= 0.6 is 15.9 Å². The largest absolute Gasteiger partial charge is 0.367 e. The smallest absolute Gasteiger partial charge is 0.0559 e. The Morgan fingerprint density at radius 3 is 2.93 bits per heavy atom. The van der Waals surface area contributed by atoms with Crippen molar-refractivity contribution in [1.82, 2.24) is 5.32 Å². The van der Waals surface area contributed by atoms with Gasteiger partial charge in [0.25, 0.3) is 0 Å². The number of nitrogens with one attached hydrogen (secondary N) is 1. The van der Waals surface area contributed by atoms with E-state index in [1.54, 1.807) is 0 Å². The average Bonchev–Trinajstić information content (AvgIpc) is 2.40. The van der Waals surface area contributed by atoms with Crippen LogP contribution in [0.25, 0.3) is 0 Å². The molecule has 0 unspecified atom stereocenters. The lowest BCUT2D eigenvalue weighted by Crippen LogP contribution is -2.34. The van der Waals surface area contributed by atoms with E-state index in [2.05, 4.69) is 58.2 Å². The van der Waals surface area contributed by atoms with Gasteiger partial charge in [0.2, 0.25) is 0 Å². The summed E-state index contributed by atoms with van der Waals surface area (Å²) >= 11 is 3.66. The SMILES string of the molecule is CC(C)N1CCNCc2cccc(Br)c21. The molecule has 0 amide bonds. The zero-order valence-corrected chi connectivity index (χ0v) is 10.8. The molecule has 0 radical (unpaired) electrons. The number of rotatable bonds is 1. The van der Waals surface area contributed by atoms with Gasteiger partial charge in [0, 0.05) is 30.1 Å². The molecule has 15 heavy (non-hydrogen) atoms. The Kier molecular flexibility index (Phi) is 3.32. The standard InChI is InChI=1S/C12H17BrN2/c1-9(2)15-7-6-14-8-10-4-3-5-11(13)12(10)15/h3-5,9,14H,6-8H2,1-2H3. The van der Waals surface area contributed by atoms with Gasteiger partial charge in [-0.3, -0.25) is 0 Å². The van der Waals surface area contributed by atoms with E-state index in [9.17, 15) is 0 Å². The monoisotopic (exact) mass is 268 g/mol. The van der Waals surface area contributed by atoms with Crippen LogP contribution in [0.5, 0.6) is 0 Å². The molecule has 1 aliphatic heterocycles. The van der Waals surface area contributed by atoms with E-state index in [1.165, 1.54) is 15.7 Å². The van der Waals surface area contributed by atoms with Gasteiger partial charge in [-0.2, -0.15) is 0 Å². The fraction of sp³-hybridized carbons (Fsp3) is 0.500. The van der Waals surface area contributed by atoms with E-state index in [4.69, 9.17) is 0 Å². The molecule has 0 aromatic heterocycles. The van der Waals surface area contributed by atoms with Gasteiger partial charge in [-0.15, -0.1) is 0 Å². The minimum Gasteiger partial charge on any atom is -0.367 e. The predicted molar refractivity (Wildman–Crippen MR) is 68.3 cm³/mol. The third kappa shape index (κ3) is 2.18. The number of hydrogen-bond acceptors (Lipinski definition) is 2. The summed E-state index contributed by atoms with van der Waals surface area (Å²) in [7, 11) is 0. The quantitative estimate of drug-likeness (QED) is 0.843. The summed E-state index contributed by atoms with van der Waals surface area (Å²) in [5.74, 6) is 0. The van der Waals surface area contributed by atoms with Crippen LogP contribution in [0.3, 0.4) is 0 Å². The fourth-order valence-corrected chi connectivity index (χ4v) is 2.71. The minimum absolute atomic E-state index is 0.544. The highest BCUT2D eigenvalue weighted by molar-refractivity contribution is 9.10. The first-order valence-corrected chi connectivity index (χ1v) is 6.24. The van der Waals surface area contributed by atoms with Crippen molar-refractivity contribution in [3.05, 3.63) is 28.2 Å². The van der Waals surface area contributed by atoms with Gasteiger partial charge in [-0.05, 0) is 41.4 Å². The molecular weight excluding hydrogens is 252 g/mol. The Morgan fingerprint density at radius 1 is 1.40 bits per heavy atom. The van der Waals surface area contributed by atoms with E-state index in [1.807, 2.05) is 0 Å². The zero-order valence-electron chi connectivity index (χ0n) is 9.26. The fourth-order valence-electron chi connectivity index (χ4n) is 2.08. The van der Waals surface area contributed by atoms with E-state index < -0.39 is 0 Å². The zero-order chi connectivity index (χ0) is 10.8. The molecule has 1 aromatic rings. The third-order valence-corrected chi connectivity index (χ3v) is 3.47. The topological polar surface area (TPSA) is 15.3 Å². The number of halogens is 1. The Bertz CT molecular complexity index is 349. The second-order valence-electron chi connectivity index (χ2n) is 4.21. The first-order chi connectivity index (χ1) is 7.20. The number of para-hydroxylation sites is 1. The molecule has 1 aromatic carbocycles. The number of nitrogens with zero attached hydrogens (tertiary/aromatic N) is 1. The summed E-state index contributed by atoms with van der Waals surface area (Å²) in [4.78, 5) is 2.46. The molecule has 82 valence electrons. The highest BCUT2D eigenvalue weighted by Crippen LogP contribution is 2.32. The van der Waals surface area contributed by atoms with Crippen molar-refractivity contribution in [3.63, 3.8) is 0 Å². The summed E-state index contributed by atoms with van der Waals surface area (Å²) in [5, 5.41) is 3.45.